The first-order valence-electron chi connectivity index (χ1n) is 8.48. The molecule has 26 heavy (non-hydrogen) atoms. The van der Waals surface area contributed by atoms with E-state index >= 15 is 0 Å². The van der Waals surface area contributed by atoms with Crippen LogP contribution in [0.2, 0.25) is 0 Å². The van der Waals surface area contributed by atoms with Gasteiger partial charge in [-0.25, -0.2) is 4.79 Å². The molecule has 1 aromatic carbocycles. The minimum absolute atomic E-state index is 0.0473. The number of carbonyl (C=O) groups excluding carboxylic acids is 2. The maximum absolute atomic E-state index is 12.6. The van der Waals surface area contributed by atoms with E-state index in [2.05, 4.69) is 10.3 Å². The third-order valence-electron chi connectivity index (χ3n) is 4.43. The van der Waals surface area contributed by atoms with Crippen molar-refractivity contribution in [1.82, 2.24) is 14.8 Å². The third-order valence-corrected chi connectivity index (χ3v) is 4.43. The summed E-state index contributed by atoms with van der Waals surface area (Å²) in [4.78, 5) is 32.5. The zero-order valence-corrected chi connectivity index (χ0v) is 14.9. The molecule has 1 saturated heterocycles. The maximum atomic E-state index is 12.6. The van der Waals surface area contributed by atoms with E-state index in [4.69, 9.17) is 4.74 Å². The molecule has 0 atom stereocenters. The standard InChI is InChI=1S/C19H22N4O3/c1-14-13-20-7-6-17(14)21-19(25)23-10-8-22(9-11-23)18(24)15-4-3-5-16(12-15)26-2/h3-7,12-13H,8-11H2,1-2H3,(H,20,21,25). The zero-order valence-electron chi connectivity index (χ0n) is 14.9. The first kappa shape index (κ1) is 17.7. The average Bonchev–Trinajstić information content (AvgIpc) is 2.69. The Kier molecular flexibility index (Phi) is 5.36. The fourth-order valence-corrected chi connectivity index (χ4v) is 2.86. The average molecular weight is 354 g/mol. The van der Waals surface area contributed by atoms with Crippen molar-refractivity contribution in [2.75, 3.05) is 38.6 Å². The number of nitrogens with one attached hydrogen (secondary N) is 1. The second kappa shape index (κ2) is 7.86. The second-order valence-electron chi connectivity index (χ2n) is 6.13. The predicted octanol–water partition coefficient (Wildman–Crippen LogP) is 2.39. The first-order chi connectivity index (χ1) is 12.6. The zero-order chi connectivity index (χ0) is 18.5. The summed E-state index contributed by atoms with van der Waals surface area (Å²) in [6, 6.07) is 8.72. The van der Waals surface area contributed by atoms with Gasteiger partial charge >= 0.3 is 6.03 Å². The molecule has 1 aromatic heterocycles. The number of hydrogen-bond donors (Lipinski definition) is 1. The lowest BCUT2D eigenvalue weighted by Gasteiger charge is -2.34. The number of ether oxygens (including phenoxy) is 1. The van der Waals surface area contributed by atoms with Gasteiger partial charge in [0.15, 0.2) is 0 Å². The molecular weight excluding hydrogens is 332 g/mol. The van der Waals surface area contributed by atoms with Gasteiger partial charge in [0.2, 0.25) is 0 Å². The van der Waals surface area contributed by atoms with E-state index in [9.17, 15) is 9.59 Å². The SMILES string of the molecule is COc1cccc(C(=O)N2CCN(C(=O)Nc3ccncc3C)CC2)c1. The number of pyridine rings is 1. The van der Waals surface area contributed by atoms with Crippen molar-refractivity contribution in [3.8, 4) is 5.75 Å². The number of aromatic nitrogens is 1. The van der Waals surface area contributed by atoms with Crippen LogP contribution in [-0.2, 0) is 0 Å². The molecule has 7 nitrogen and oxygen atoms in total. The Labute approximate surface area is 152 Å². The van der Waals surface area contributed by atoms with E-state index in [0.29, 0.717) is 37.5 Å². The number of hydrogen-bond acceptors (Lipinski definition) is 4. The summed E-state index contributed by atoms with van der Waals surface area (Å²) in [6.45, 7) is 3.88. The second-order valence-corrected chi connectivity index (χ2v) is 6.13. The van der Waals surface area contributed by atoms with E-state index in [-0.39, 0.29) is 11.9 Å². The molecule has 7 heteroatoms. The number of benzene rings is 1. The number of urea groups is 1. The predicted molar refractivity (Wildman–Crippen MR) is 98.5 cm³/mol. The van der Waals surface area contributed by atoms with Gasteiger partial charge in [0.1, 0.15) is 5.75 Å². The van der Waals surface area contributed by atoms with Gasteiger partial charge in [-0.15, -0.1) is 0 Å². The lowest BCUT2D eigenvalue weighted by atomic mass is 10.1. The summed E-state index contributed by atoms with van der Waals surface area (Å²) in [7, 11) is 1.57. The maximum Gasteiger partial charge on any atom is 0.321 e. The minimum atomic E-state index is -0.159. The van der Waals surface area contributed by atoms with Crippen LogP contribution in [0.4, 0.5) is 10.5 Å². The first-order valence-corrected chi connectivity index (χ1v) is 8.48. The quantitative estimate of drug-likeness (QED) is 0.918. The van der Waals surface area contributed by atoms with Crippen molar-refractivity contribution >= 4 is 17.6 Å². The number of carbonyl (C=O) groups is 2. The van der Waals surface area contributed by atoms with Crippen LogP contribution in [0.1, 0.15) is 15.9 Å². The van der Waals surface area contributed by atoms with E-state index in [1.807, 2.05) is 6.92 Å². The van der Waals surface area contributed by atoms with Crippen LogP contribution < -0.4 is 10.1 Å². The van der Waals surface area contributed by atoms with Crippen LogP contribution in [-0.4, -0.2) is 60.0 Å². The van der Waals surface area contributed by atoms with Crippen molar-refractivity contribution in [1.29, 1.82) is 0 Å². The van der Waals surface area contributed by atoms with Crippen molar-refractivity contribution in [2.24, 2.45) is 0 Å². The largest absolute Gasteiger partial charge is 0.497 e. The lowest BCUT2D eigenvalue weighted by Crippen LogP contribution is -2.51. The molecule has 0 bridgehead atoms. The molecule has 0 radical (unpaired) electrons. The number of methoxy groups -OCH3 is 1. The van der Waals surface area contributed by atoms with Gasteiger partial charge in [0.25, 0.3) is 5.91 Å². The number of nitrogens with zero attached hydrogens (tertiary/aromatic N) is 3. The number of amides is 3. The number of anilines is 1. The Morgan fingerprint density at radius 1 is 1.12 bits per heavy atom. The normalized spacial score (nSPS) is 14.1. The Morgan fingerprint density at radius 3 is 2.54 bits per heavy atom. The highest BCUT2D eigenvalue weighted by Crippen LogP contribution is 2.17. The Hall–Kier alpha value is -3.09. The van der Waals surface area contributed by atoms with Crippen molar-refractivity contribution in [3.63, 3.8) is 0 Å². The van der Waals surface area contributed by atoms with Gasteiger partial charge in [-0.2, -0.15) is 0 Å². The molecule has 136 valence electrons. The summed E-state index contributed by atoms with van der Waals surface area (Å²) in [5.74, 6) is 0.607. The Balaban J connectivity index is 1.57. The molecule has 2 aromatic rings. The summed E-state index contributed by atoms with van der Waals surface area (Å²) >= 11 is 0. The third kappa shape index (κ3) is 3.93. The monoisotopic (exact) mass is 354 g/mol. The van der Waals surface area contributed by atoms with Gasteiger partial charge in [-0.3, -0.25) is 9.78 Å². The number of rotatable bonds is 3. The minimum Gasteiger partial charge on any atom is -0.497 e. The Bertz CT molecular complexity index is 801. The fourth-order valence-electron chi connectivity index (χ4n) is 2.86. The molecule has 1 N–H and O–H groups in total. The summed E-state index contributed by atoms with van der Waals surface area (Å²) in [5.41, 5.74) is 2.25. The topological polar surface area (TPSA) is 74.8 Å². The van der Waals surface area contributed by atoms with E-state index in [1.165, 1.54) is 0 Å². The molecule has 1 aliphatic rings. The van der Waals surface area contributed by atoms with Crippen LogP contribution in [0, 0.1) is 6.92 Å². The molecule has 0 saturated carbocycles. The fraction of sp³-hybridized carbons (Fsp3) is 0.316. The molecule has 1 aliphatic heterocycles. The van der Waals surface area contributed by atoms with E-state index in [0.717, 1.165) is 11.3 Å². The van der Waals surface area contributed by atoms with Gasteiger partial charge in [0, 0.05) is 49.8 Å². The van der Waals surface area contributed by atoms with Crippen LogP contribution in [0.25, 0.3) is 0 Å². The Morgan fingerprint density at radius 2 is 1.85 bits per heavy atom. The smallest absolute Gasteiger partial charge is 0.321 e. The highest BCUT2D eigenvalue weighted by molar-refractivity contribution is 5.95. The van der Waals surface area contributed by atoms with E-state index in [1.54, 1.807) is 59.6 Å². The summed E-state index contributed by atoms with van der Waals surface area (Å²) < 4.78 is 5.17. The number of aryl methyl sites for hydroxylation is 1. The summed E-state index contributed by atoms with van der Waals surface area (Å²) in [6.07, 6.45) is 3.35. The van der Waals surface area contributed by atoms with Gasteiger partial charge in [0.05, 0.1) is 7.11 Å². The molecule has 1 fully saturated rings. The van der Waals surface area contributed by atoms with Crippen molar-refractivity contribution in [2.45, 2.75) is 6.92 Å². The molecule has 2 heterocycles. The summed E-state index contributed by atoms with van der Waals surface area (Å²) in [5, 5.41) is 2.90. The highest BCUT2D eigenvalue weighted by atomic mass is 16.5. The van der Waals surface area contributed by atoms with Gasteiger partial charge in [-0.1, -0.05) is 6.07 Å². The van der Waals surface area contributed by atoms with Crippen molar-refractivity contribution in [3.05, 3.63) is 53.9 Å². The highest BCUT2D eigenvalue weighted by Gasteiger charge is 2.25. The van der Waals surface area contributed by atoms with Crippen LogP contribution in [0.3, 0.4) is 0 Å². The van der Waals surface area contributed by atoms with Crippen LogP contribution in [0.5, 0.6) is 5.75 Å². The number of piperazine rings is 1. The molecule has 0 spiro atoms. The molecule has 3 amide bonds. The van der Waals surface area contributed by atoms with Gasteiger partial charge in [-0.05, 0) is 36.8 Å². The van der Waals surface area contributed by atoms with E-state index < -0.39 is 0 Å². The molecule has 3 rings (SSSR count). The molecular formula is C19H22N4O3. The van der Waals surface area contributed by atoms with Crippen molar-refractivity contribution < 1.29 is 14.3 Å². The lowest BCUT2D eigenvalue weighted by molar-refractivity contribution is 0.0671. The molecule has 0 unspecified atom stereocenters. The van der Waals surface area contributed by atoms with Crippen LogP contribution in [0.15, 0.2) is 42.7 Å². The van der Waals surface area contributed by atoms with Crippen LogP contribution >= 0.6 is 0 Å². The van der Waals surface area contributed by atoms with Gasteiger partial charge < -0.3 is 19.9 Å². The molecule has 0 aliphatic carbocycles.